The molecule has 8 nitrogen and oxygen atoms in total. The van der Waals surface area contributed by atoms with Crippen LogP contribution in [0.3, 0.4) is 0 Å². The van der Waals surface area contributed by atoms with Gasteiger partial charge in [0.05, 0.1) is 17.8 Å². The lowest BCUT2D eigenvalue weighted by atomic mass is 9.72. The molecule has 2 aromatic carbocycles. The Morgan fingerprint density at radius 3 is 2.69 bits per heavy atom. The quantitative estimate of drug-likeness (QED) is 0.255. The Balaban J connectivity index is 1.22. The van der Waals surface area contributed by atoms with E-state index in [1.54, 1.807) is 24.4 Å². The summed E-state index contributed by atoms with van der Waals surface area (Å²) < 4.78 is 42.9. The van der Waals surface area contributed by atoms with E-state index in [0.29, 0.717) is 46.7 Å². The van der Waals surface area contributed by atoms with E-state index >= 15 is 0 Å². The minimum atomic E-state index is -4.64. The van der Waals surface area contributed by atoms with Crippen LogP contribution in [0.2, 0.25) is 5.02 Å². The Morgan fingerprint density at radius 2 is 1.86 bits per heavy atom. The molecular formula is C30H22ClF3N6O2. The van der Waals surface area contributed by atoms with Crippen molar-refractivity contribution in [3.63, 3.8) is 0 Å². The third kappa shape index (κ3) is 4.27. The maximum absolute atomic E-state index is 13.9. The highest BCUT2D eigenvalue weighted by atomic mass is 35.5. The van der Waals surface area contributed by atoms with E-state index in [9.17, 15) is 22.8 Å². The van der Waals surface area contributed by atoms with Crippen molar-refractivity contribution < 1.29 is 22.8 Å². The Labute approximate surface area is 242 Å². The van der Waals surface area contributed by atoms with E-state index in [0.717, 1.165) is 27.7 Å². The van der Waals surface area contributed by atoms with Gasteiger partial charge in [-0.2, -0.15) is 18.3 Å². The van der Waals surface area contributed by atoms with Gasteiger partial charge in [-0.3, -0.25) is 9.78 Å². The lowest BCUT2D eigenvalue weighted by molar-refractivity contribution is -0.136. The number of hydrogen-bond donors (Lipinski definition) is 1. The number of alkyl halides is 3. The Kier molecular flexibility index (Phi) is 6.16. The molecule has 3 atom stereocenters. The predicted octanol–water partition coefficient (Wildman–Crippen LogP) is 6.63. The van der Waals surface area contributed by atoms with Gasteiger partial charge in [0.2, 0.25) is 5.91 Å². The van der Waals surface area contributed by atoms with Gasteiger partial charge < -0.3 is 5.32 Å². The van der Waals surface area contributed by atoms with Gasteiger partial charge in [0, 0.05) is 39.8 Å². The van der Waals surface area contributed by atoms with Crippen LogP contribution in [-0.4, -0.2) is 37.6 Å². The molecule has 2 fully saturated rings. The highest BCUT2D eigenvalue weighted by Gasteiger charge is 2.46. The lowest BCUT2D eigenvalue weighted by Crippen LogP contribution is -2.61. The molecule has 1 aliphatic carbocycles. The number of hydrogen-bond acceptors (Lipinski definition) is 5. The van der Waals surface area contributed by atoms with Crippen LogP contribution >= 0.6 is 11.6 Å². The fourth-order valence-electron chi connectivity index (χ4n) is 6.37. The number of anilines is 1. The molecule has 212 valence electrons. The maximum atomic E-state index is 13.9. The van der Waals surface area contributed by atoms with Crippen LogP contribution in [0.15, 0.2) is 73.4 Å². The minimum absolute atomic E-state index is 0.213. The van der Waals surface area contributed by atoms with Gasteiger partial charge in [0.1, 0.15) is 11.9 Å². The van der Waals surface area contributed by atoms with Crippen molar-refractivity contribution >= 4 is 45.6 Å². The number of rotatable bonds is 3. The number of imide groups is 1. The van der Waals surface area contributed by atoms with Crippen LogP contribution in [0.25, 0.3) is 27.5 Å². The van der Waals surface area contributed by atoms with Crippen LogP contribution in [-0.2, 0) is 11.0 Å². The summed E-state index contributed by atoms with van der Waals surface area (Å²) in [7, 11) is 0. The predicted molar refractivity (Wildman–Crippen MR) is 150 cm³/mol. The molecule has 0 spiro atoms. The zero-order valence-electron chi connectivity index (χ0n) is 21.8. The average molecular weight is 591 g/mol. The molecule has 5 aromatic rings. The summed E-state index contributed by atoms with van der Waals surface area (Å²) >= 11 is 6.70. The number of fused-ring (bicyclic) bond motifs is 3. The van der Waals surface area contributed by atoms with Gasteiger partial charge in [0.25, 0.3) is 0 Å². The van der Waals surface area contributed by atoms with Crippen LogP contribution < -0.4 is 10.2 Å². The largest absolute Gasteiger partial charge is 0.420 e. The molecule has 0 bridgehead atoms. The first kappa shape index (κ1) is 26.4. The molecule has 2 aliphatic rings. The van der Waals surface area contributed by atoms with Gasteiger partial charge >= 0.3 is 12.2 Å². The second-order valence-electron chi connectivity index (χ2n) is 10.6. The molecule has 3 unspecified atom stereocenters. The van der Waals surface area contributed by atoms with E-state index in [4.69, 9.17) is 11.6 Å². The molecule has 42 heavy (non-hydrogen) atoms. The number of pyridine rings is 2. The standard InChI is InChI=1S/C30H22ClF3N6O2/c31-23-7-3-6-20(18-10-22(30(32,33)34)27-36-15-37-39(27)14-18)26(23)16-8-9-21-24(11-16)38-29(42)40(28(21)41)25-13-35-12-17-4-1-2-5-19(17)25/h1-7,10,12-16,21,24H,8-9,11H2,(H,38,42). The third-order valence-corrected chi connectivity index (χ3v) is 8.57. The molecule has 12 heteroatoms. The first-order chi connectivity index (χ1) is 20.2. The Hall–Kier alpha value is -4.51. The number of carbonyl (C=O) groups excluding carboxylic acids is 2. The highest BCUT2D eigenvalue weighted by Crippen LogP contribution is 2.46. The number of carbonyl (C=O) groups is 2. The number of amides is 3. The van der Waals surface area contributed by atoms with Crippen molar-refractivity contribution in [1.29, 1.82) is 0 Å². The van der Waals surface area contributed by atoms with Gasteiger partial charge in [-0.05, 0) is 48.4 Å². The summed E-state index contributed by atoms with van der Waals surface area (Å²) in [5.41, 5.74) is 0.732. The Bertz CT molecular complexity index is 1890. The number of nitrogens with zero attached hydrogens (tertiary/aromatic N) is 5. The van der Waals surface area contributed by atoms with Gasteiger partial charge in [-0.1, -0.05) is 48.0 Å². The summed E-state index contributed by atoms with van der Waals surface area (Å²) in [5, 5.41) is 8.91. The second-order valence-corrected chi connectivity index (χ2v) is 11.0. The van der Waals surface area contributed by atoms with Crippen LogP contribution in [0.1, 0.15) is 36.3 Å². The number of aromatic nitrogens is 4. The number of nitrogens with one attached hydrogen (secondary N) is 1. The monoisotopic (exact) mass is 590 g/mol. The normalized spacial score (nSPS) is 21.0. The zero-order valence-corrected chi connectivity index (χ0v) is 22.6. The Morgan fingerprint density at radius 1 is 1.02 bits per heavy atom. The van der Waals surface area contributed by atoms with E-state index in [-0.39, 0.29) is 17.5 Å². The first-order valence-electron chi connectivity index (χ1n) is 13.4. The molecule has 1 N–H and O–H groups in total. The van der Waals surface area contributed by atoms with E-state index in [1.807, 2.05) is 24.3 Å². The van der Waals surface area contributed by atoms with E-state index in [2.05, 4.69) is 20.4 Å². The minimum Gasteiger partial charge on any atom is -0.334 e. The SMILES string of the molecule is O=C1NC2CC(c3c(Cl)cccc3-c3cc(C(F)(F)F)c4ncnn4c3)CCC2C(=O)N1c1cncc2ccccc12. The van der Waals surface area contributed by atoms with Crippen molar-refractivity contribution in [2.75, 3.05) is 4.90 Å². The molecule has 1 saturated carbocycles. The van der Waals surface area contributed by atoms with Gasteiger partial charge in [-0.25, -0.2) is 19.2 Å². The van der Waals surface area contributed by atoms with E-state index in [1.165, 1.54) is 17.3 Å². The molecular weight excluding hydrogens is 569 g/mol. The fraction of sp³-hybridized carbons (Fsp3) is 0.233. The summed E-state index contributed by atoms with van der Waals surface area (Å²) in [4.78, 5) is 36.3. The summed E-state index contributed by atoms with van der Waals surface area (Å²) in [6.07, 6.45) is 2.55. The molecule has 7 rings (SSSR count). The zero-order chi connectivity index (χ0) is 29.2. The number of urea groups is 1. The topological polar surface area (TPSA) is 92.5 Å². The molecule has 3 aromatic heterocycles. The summed E-state index contributed by atoms with van der Waals surface area (Å²) in [6.45, 7) is 0. The van der Waals surface area contributed by atoms with Crippen molar-refractivity contribution in [2.24, 2.45) is 5.92 Å². The van der Waals surface area contributed by atoms with Crippen molar-refractivity contribution in [3.05, 3.63) is 89.6 Å². The smallest absolute Gasteiger partial charge is 0.334 e. The average Bonchev–Trinajstić information content (AvgIpc) is 3.44. The number of benzene rings is 2. The van der Waals surface area contributed by atoms with E-state index < -0.39 is 29.7 Å². The molecule has 4 heterocycles. The maximum Gasteiger partial charge on any atom is 0.420 e. The number of halogens is 4. The molecule has 1 saturated heterocycles. The van der Waals surface area contributed by atoms with Crippen LogP contribution in [0, 0.1) is 5.92 Å². The summed E-state index contributed by atoms with van der Waals surface area (Å²) in [5.74, 6) is -0.979. The highest BCUT2D eigenvalue weighted by molar-refractivity contribution is 6.32. The molecule has 0 radical (unpaired) electrons. The summed E-state index contributed by atoms with van der Waals surface area (Å²) in [6, 6.07) is 12.6. The van der Waals surface area contributed by atoms with Crippen molar-refractivity contribution in [1.82, 2.24) is 24.9 Å². The van der Waals surface area contributed by atoms with Crippen LogP contribution in [0.5, 0.6) is 0 Å². The fourth-order valence-corrected chi connectivity index (χ4v) is 6.70. The molecule has 3 amide bonds. The second kappa shape index (κ2) is 9.80. The first-order valence-corrected chi connectivity index (χ1v) is 13.7. The lowest BCUT2D eigenvalue weighted by Gasteiger charge is -2.43. The van der Waals surface area contributed by atoms with Gasteiger partial charge in [-0.15, -0.1) is 0 Å². The van der Waals surface area contributed by atoms with Gasteiger partial charge in [0.15, 0.2) is 5.65 Å². The van der Waals surface area contributed by atoms with Crippen molar-refractivity contribution in [2.45, 2.75) is 37.4 Å². The third-order valence-electron chi connectivity index (χ3n) is 8.24. The van der Waals surface area contributed by atoms with Crippen LogP contribution in [0.4, 0.5) is 23.7 Å². The van der Waals surface area contributed by atoms with Crippen molar-refractivity contribution in [3.8, 4) is 11.1 Å². The molecule has 1 aliphatic heterocycles.